The Balaban J connectivity index is 2.24. The van der Waals surface area contributed by atoms with Crippen molar-refractivity contribution in [2.24, 2.45) is 0 Å². The fraction of sp³-hybridized carbons (Fsp3) is 0.333. The van der Waals surface area contributed by atoms with E-state index in [-0.39, 0.29) is 0 Å². The molecule has 1 heterocycles. The van der Waals surface area contributed by atoms with Crippen molar-refractivity contribution < 1.29 is 14.2 Å². The van der Waals surface area contributed by atoms with Crippen LogP contribution in [0.3, 0.4) is 0 Å². The molecular weight excluding hydrogens is 248 g/mol. The van der Waals surface area contributed by atoms with Crippen LogP contribution in [0.5, 0.6) is 17.2 Å². The normalized spacial score (nSPS) is 10.1. The summed E-state index contributed by atoms with van der Waals surface area (Å²) >= 11 is 0. The third-order valence-corrected chi connectivity index (χ3v) is 2.65. The molecule has 0 spiro atoms. The highest BCUT2D eigenvalue weighted by Gasteiger charge is 2.15. The predicted molar refractivity (Wildman–Crippen MR) is 69.8 cm³/mol. The van der Waals surface area contributed by atoms with Gasteiger partial charge in [0.25, 0.3) is 0 Å². The maximum Gasteiger partial charge on any atom is 0.218 e. The number of benzene rings is 1. The minimum atomic E-state index is 0.527. The van der Waals surface area contributed by atoms with Crippen LogP contribution in [0, 0.1) is 0 Å². The summed E-state index contributed by atoms with van der Waals surface area (Å²) in [7, 11) is 4.76. The molecule has 0 saturated carbocycles. The van der Waals surface area contributed by atoms with Crippen LogP contribution in [-0.2, 0) is 6.54 Å². The van der Waals surface area contributed by atoms with Crippen molar-refractivity contribution in [2.45, 2.75) is 6.54 Å². The van der Waals surface area contributed by atoms with Gasteiger partial charge in [-0.1, -0.05) is 0 Å². The zero-order valence-electron chi connectivity index (χ0n) is 11.1. The molecule has 19 heavy (non-hydrogen) atoms. The fourth-order valence-corrected chi connectivity index (χ4v) is 1.77. The molecule has 7 heteroatoms. The first-order valence-electron chi connectivity index (χ1n) is 5.67. The van der Waals surface area contributed by atoms with Crippen LogP contribution < -0.4 is 19.5 Å². The number of nitrogens with zero attached hydrogens (tertiary/aromatic N) is 2. The van der Waals surface area contributed by atoms with E-state index in [1.807, 2.05) is 12.1 Å². The Labute approximate surface area is 110 Å². The third kappa shape index (κ3) is 2.70. The number of hydrogen-bond donors (Lipinski definition) is 2. The van der Waals surface area contributed by atoms with Gasteiger partial charge in [0.05, 0.1) is 21.3 Å². The minimum absolute atomic E-state index is 0.527. The van der Waals surface area contributed by atoms with E-state index in [9.17, 15) is 0 Å². The summed E-state index contributed by atoms with van der Waals surface area (Å²) in [5, 5.41) is 9.59. The molecule has 2 aromatic rings. The van der Waals surface area contributed by atoms with Crippen molar-refractivity contribution in [3.8, 4) is 17.2 Å². The van der Waals surface area contributed by atoms with Crippen LogP contribution in [0.4, 0.5) is 5.95 Å². The van der Waals surface area contributed by atoms with Crippen LogP contribution in [0.2, 0.25) is 0 Å². The average Bonchev–Trinajstić information content (AvgIpc) is 2.96. The topological polar surface area (TPSA) is 81.3 Å². The maximum absolute atomic E-state index is 5.39. The van der Waals surface area contributed by atoms with E-state index >= 15 is 0 Å². The van der Waals surface area contributed by atoms with Crippen molar-refractivity contribution in [3.63, 3.8) is 0 Å². The molecule has 0 saturated heterocycles. The molecule has 0 aliphatic rings. The number of nitrogens with one attached hydrogen (secondary N) is 2. The lowest BCUT2D eigenvalue weighted by molar-refractivity contribution is 0.322. The van der Waals surface area contributed by atoms with Crippen molar-refractivity contribution in [1.82, 2.24) is 15.2 Å². The van der Waals surface area contributed by atoms with Crippen molar-refractivity contribution in [1.29, 1.82) is 0 Å². The summed E-state index contributed by atoms with van der Waals surface area (Å²) in [6.07, 6.45) is 1.44. The van der Waals surface area contributed by atoms with E-state index in [1.165, 1.54) is 6.33 Å². The molecular formula is C12H16N4O3. The van der Waals surface area contributed by atoms with E-state index in [1.54, 1.807) is 21.3 Å². The standard InChI is InChI=1S/C12H16N4O3/c1-17-9-5-4-8(10(18-2)11(9)19-3)6-13-12-14-7-15-16-12/h4-5,7H,6H2,1-3H3,(H2,13,14,15,16). The predicted octanol–water partition coefficient (Wildman–Crippen LogP) is 1.44. The number of methoxy groups -OCH3 is 3. The van der Waals surface area contributed by atoms with Crippen molar-refractivity contribution in [2.75, 3.05) is 26.6 Å². The van der Waals surface area contributed by atoms with Gasteiger partial charge in [-0.25, -0.2) is 10.1 Å². The molecule has 0 amide bonds. The summed E-state index contributed by atoms with van der Waals surface area (Å²) < 4.78 is 15.9. The number of aromatic amines is 1. The minimum Gasteiger partial charge on any atom is -0.493 e. The van der Waals surface area contributed by atoms with Crippen LogP contribution in [-0.4, -0.2) is 36.5 Å². The molecule has 0 aliphatic heterocycles. The number of rotatable bonds is 6. The molecule has 0 radical (unpaired) electrons. The van der Waals surface area contributed by atoms with Gasteiger partial charge in [-0.15, -0.1) is 0 Å². The Hall–Kier alpha value is -2.44. The summed E-state index contributed by atoms with van der Waals surface area (Å²) in [5.41, 5.74) is 0.927. The van der Waals surface area contributed by atoms with Gasteiger partial charge < -0.3 is 19.5 Å². The molecule has 2 rings (SSSR count). The first-order valence-corrected chi connectivity index (χ1v) is 5.67. The molecule has 102 valence electrons. The van der Waals surface area contributed by atoms with Gasteiger partial charge in [0.15, 0.2) is 11.5 Å². The van der Waals surface area contributed by atoms with Crippen LogP contribution in [0.25, 0.3) is 0 Å². The number of aromatic nitrogens is 3. The lowest BCUT2D eigenvalue weighted by atomic mass is 10.1. The molecule has 7 nitrogen and oxygen atoms in total. The highest BCUT2D eigenvalue weighted by atomic mass is 16.5. The molecule has 1 aromatic carbocycles. The highest BCUT2D eigenvalue weighted by Crippen LogP contribution is 2.39. The summed E-state index contributed by atoms with van der Waals surface area (Å²) in [5.74, 6) is 2.43. The number of H-pyrrole nitrogens is 1. The van der Waals surface area contributed by atoms with E-state index < -0.39 is 0 Å². The molecule has 1 aromatic heterocycles. The Morgan fingerprint density at radius 1 is 1.11 bits per heavy atom. The molecule has 0 fully saturated rings. The van der Waals surface area contributed by atoms with Crippen LogP contribution in [0.1, 0.15) is 5.56 Å². The lowest BCUT2D eigenvalue weighted by Crippen LogP contribution is -2.05. The number of anilines is 1. The Morgan fingerprint density at radius 3 is 2.47 bits per heavy atom. The van der Waals surface area contributed by atoms with Crippen LogP contribution in [0.15, 0.2) is 18.5 Å². The summed E-state index contributed by atoms with van der Waals surface area (Å²) in [6.45, 7) is 0.527. The smallest absolute Gasteiger partial charge is 0.218 e. The van der Waals surface area contributed by atoms with Gasteiger partial charge >= 0.3 is 0 Å². The summed E-state index contributed by atoms with van der Waals surface area (Å²) in [6, 6.07) is 3.74. The molecule has 0 atom stereocenters. The fourth-order valence-electron chi connectivity index (χ4n) is 1.77. The Morgan fingerprint density at radius 2 is 1.89 bits per heavy atom. The zero-order chi connectivity index (χ0) is 13.7. The quantitative estimate of drug-likeness (QED) is 0.821. The first-order chi connectivity index (χ1) is 9.30. The van der Waals surface area contributed by atoms with Gasteiger partial charge in [-0.2, -0.15) is 5.10 Å². The largest absolute Gasteiger partial charge is 0.493 e. The van der Waals surface area contributed by atoms with Gasteiger partial charge in [-0.3, -0.25) is 0 Å². The SMILES string of the molecule is COc1ccc(CNc2ncn[nH]2)c(OC)c1OC. The Kier molecular flexibility index (Phi) is 4.07. The monoisotopic (exact) mass is 264 g/mol. The third-order valence-electron chi connectivity index (χ3n) is 2.65. The average molecular weight is 264 g/mol. The first kappa shape index (κ1) is 13.0. The van der Waals surface area contributed by atoms with E-state index in [0.29, 0.717) is 29.7 Å². The zero-order valence-corrected chi connectivity index (χ0v) is 11.1. The molecule has 0 unspecified atom stereocenters. The lowest BCUT2D eigenvalue weighted by Gasteiger charge is -2.15. The van der Waals surface area contributed by atoms with Crippen molar-refractivity contribution >= 4 is 5.95 Å². The second-order valence-corrected chi connectivity index (χ2v) is 3.68. The van der Waals surface area contributed by atoms with Crippen LogP contribution >= 0.6 is 0 Å². The number of ether oxygens (including phenoxy) is 3. The molecule has 0 aliphatic carbocycles. The van der Waals surface area contributed by atoms with Crippen molar-refractivity contribution in [3.05, 3.63) is 24.0 Å². The van der Waals surface area contributed by atoms with E-state index in [2.05, 4.69) is 20.5 Å². The van der Waals surface area contributed by atoms with Gasteiger partial charge in [0.2, 0.25) is 11.7 Å². The second-order valence-electron chi connectivity index (χ2n) is 3.68. The van der Waals surface area contributed by atoms with Gasteiger partial charge in [0, 0.05) is 12.1 Å². The molecule has 2 N–H and O–H groups in total. The van der Waals surface area contributed by atoms with Gasteiger partial charge in [0.1, 0.15) is 6.33 Å². The second kappa shape index (κ2) is 5.94. The Bertz CT molecular complexity index is 528. The number of hydrogen-bond acceptors (Lipinski definition) is 6. The highest BCUT2D eigenvalue weighted by molar-refractivity contribution is 5.56. The van der Waals surface area contributed by atoms with E-state index in [0.717, 1.165) is 5.56 Å². The van der Waals surface area contributed by atoms with E-state index in [4.69, 9.17) is 14.2 Å². The van der Waals surface area contributed by atoms with Gasteiger partial charge in [-0.05, 0) is 12.1 Å². The molecule has 0 bridgehead atoms. The maximum atomic E-state index is 5.39. The summed E-state index contributed by atoms with van der Waals surface area (Å²) in [4.78, 5) is 3.99.